The number of hydrogen-bond donors (Lipinski definition) is 0. The minimum Gasteiger partial charge on any atom is -0.458 e. The normalized spacial score (nSPS) is 20.5. The predicted molar refractivity (Wildman–Crippen MR) is 155 cm³/mol. The van der Waals surface area contributed by atoms with Crippen molar-refractivity contribution in [3.63, 3.8) is 0 Å². The smallest absolute Gasteiger partial charge is 0.330 e. The highest BCUT2D eigenvalue weighted by atomic mass is 28.4. The minimum absolute atomic E-state index is 0.0604. The molecule has 6 nitrogen and oxygen atoms in total. The van der Waals surface area contributed by atoms with E-state index in [0.29, 0.717) is 12.8 Å². The van der Waals surface area contributed by atoms with Crippen LogP contribution in [0.4, 0.5) is 0 Å². The van der Waals surface area contributed by atoms with Crippen molar-refractivity contribution >= 4 is 36.4 Å². The molecule has 0 spiro atoms. The van der Waals surface area contributed by atoms with Gasteiger partial charge in [-0.2, -0.15) is 0 Å². The number of hydrogen-bond acceptors (Lipinski definition) is 6. The molecule has 2 aromatic carbocycles. The monoisotopic (exact) mass is 548 g/mol. The van der Waals surface area contributed by atoms with Gasteiger partial charge in [0.1, 0.15) is 18.5 Å². The van der Waals surface area contributed by atoms with Gasteiger partial charge in [-0.1, -0.05) is 101 Å². The van der Waals surface area contributed by atoms with Gasteiger partial charge >= 0.3 is 11.9 Å². The molecule has 2 aromatic rings. The van der Waals surface area contributed by atoms with Crippen molar-refractivity contribution < 1.29 is 28.3 Å². The number of esters is 2. The summed E-state index contributed by atoms with van der Waals surface area (Å²) < 4.78 is 17.9. The second-order valence-electron chi connectivity index (χ2n) is 11.3. The van der Waals surface area contributed by atoms with Crippen molar-refractivity contribution in [2.24, 2.45) is 5.41 Å². The minimum atomic E-state index is -2.93. The summed E-state index contributed by atoms with van der Waals surface area (Å²) in [6.45, 7) is 13.4. The lowest BCUT2D eigenvalue weighted by atomic mass is 9.80. The van der Waals surface area contributed by atoms with E-state index >= 15 is 0 Å². The Labute approximate surface area is 233 Å². The molecule has 208 valence electrons. The Bertz CT molecular complexity index is 1140. The molecule has 0 aliphatic heterocycles. The largest absolute Gasteiger partial charge is 0.458 e. The van der Waals surface area contributed by atoms with E-state index in [2.05, 4.69) is 51.6 Å². The Morgan fingerprint density at radius 2 is 1.64 bits per heavy atom. The fraction of sp³-hybridized carbons (Fsp3) is 0.406. The molecular weight excluding hydrogens is 508 g/mol. The first-order chi connectivity index (χ1) is 18.4. The second kappa shape index (κ2) is 12.7. The maximum Gasteiger partial charge on any atom is 0.330 e. The fourth-order valence-electron chi connectivity index (χ4n) is 5.54. The summed E-state index contributed by atoms with van der Waals surface area (Å²) in [6.07, 6.45) is 4.13. The van der Waals surface area contributed by atoms with Gasteiger partial charge in [0.2, 0.25) is 0 Å². The number of benzene rings is 2. The van der Waals surface area contributed by atoms with Gasteiger partial charge < -0.3 is 13.9 Å². The zero-order valence-electron chi connectivity index (χ0n) is 23.6. The van der Waals surface area contributed by atoms with E-state index in [1.54, 1.807) is 0 Å². The van der Waals surface area contributed by atoms with Crippen molar-refractivity contribution in [2.75, 3.05) is 6.61 Å². The Morgan fingerprint density at radius 1 is 1.08 bits per heavy atom. The molecule has 0 aromatic heterocycles. The summed E-state index contributed by atoms with van der Waals surface area (Å²) in [7, 11) is -2.93. The van der Waals surface area contributed by atoms with Crippen molar-refractivity contribution in [2.45, 2.75) is 71.1 Å². The van der Waals surface area contributed by atoms with Crippen LogP contribution >= 0.6 is 0 Å². The fourth-order valence-corrected chi connectivity index (χ4v) is 10.4. The van der Waals surface area contributed by atoms with Gasteiger partial charge in [-0.25, -0.2) is 4.79 Å². The Balaban J connectivity index is 2.04. The first kappa shape index (κ1) is 30.3. The number of ketones is 1. The van der Waals surface area contributed by atoms with E-state index < -0.39 is 37.9 Å². The van der Waals surface area contributed by atoms with Gasteiger partial charge in [-0.05, 0) is 27.9 Å². The standard InChI is InChI=1S/C32H40O6Si/c1-7-22-36-30(35)21-18-25(37-24(2)33)23-32(6)28(34)19-20-29(32)38-39(31(3,4)5,26-14-10-8-11-15-26)27-16-12-9-13-17-27/h7-18,21,25,29H,1,19-20,22-23H2,2-6H3/b21-18+/t25-,29-,32-/m0/s1. The van der Waals surface area contributed by atoms with Crippen LogP contribution in [0.25, 0.3) is 0 Å². The van der Waals surface area contributed by atoms with Crippen LogP contribution in [0, 0.1) is 5.41 Å². The van der Waals surface area contributed by atoms with E-state index in [0.717, 1.165) is 10.4 Å². The second-order valence-corrected chi connectivity index (χ2v) is 15.5. The number of Topliss-reactive ketones (excluding diaryl/α,β-unsaturated/α-hetero) is 1. The molecule has 0 bridgehead atoms. The zero-order chi connectivity index (χ0) is 28.7. The summed E-state index contributed by atoms with van der Waals surface area (Å²) in [5.41, 5.74) is -0.928. The number of carbonyl (C=O) groups excluding carboxylic acids is 3. The summed E-state index contributed by atoms with van der Waals surface area (Å²) in [5.74, 6) is -1.01. The molecule has 0 heterocycles. The average Bonchev–Trinajstić information content (AvgIpc) is 3.16. The third-order valence-electron chi connectivity index (χ3n) is 7.45. The van der Waals surface area contributed by atoms with E-state index in [1.807, 2.05) is 43.3 Å². The predicted octanol–water partition coefficient (Wildman–Crippen LogP) is 4.91. The van der Waals surface area contributed by atoms with Crippen LogP contribution in [0.1, 0.15) is 53.9 Å². The summed E-state index contributed by atoms with van der Waals surface area (Å²) in [6, 6.07) is 20.6. The molecular formula is C32H40O6Si. The molecule has 39 heavy (non-hydrogen) atoms. The van der Waals surface area contributed by atoms with Gasteiger partial charge in [0.05, 0.1) is 11.5 Å². The highest BCUT2D eigenvalue weighted by molar-refractivity contribution is 6.99. The third kappa shape index (κ3) is 6.83. The van der Waals surface area contributed by atoms with Crippen LogP contribution < -0.4 is 10.4 Å². The maximum atomic E-state index is 13.5. The van der Waals surface area contributed by atoms with Crippen molar-refractivity contribution in [3.05, 3.63) is 85.5 Å². The zero-order valence-corrected chi connectivity index (χ0v) is 24.6. The third-order valence-corrected chi connectivity index (χ3v) is 12.5. The first-order valence-electron chi connectivity index (χ1n) is 13.4. The number of rotatable bonds is 11. The van der Waals surface area contributed by atoms with E-state index in [4.69, 9.17) is 13.9 Å². The number of carbonyl (C=O) groups is 3. The van der Waals surface area contributed by atoms with Crippen molar-refractivity contribution in [3.8, 4) is 0 Å². The van der Waals surface area contributed by atoms with Gasteiger partial charge in [0.25, 0.3) is 8.32 Å². The summed E-state index contributed by atoms with van der Waals surface area (Å²) in [4.78, 5) is 37.5. The molecule has 0 saturated heterocycles. The van der Waals surface area contributed by atoms with Crippen LogP contribution in [-0.4, -0.2) is 44.9 Å². The van der Waals surface area contributed by atoms with Crippen LogP contribution in [0.15, 0.2) is 85.5 Å². The first-order valence-corrected chi connectivity index (χ1v) is 15.3. The van der Waals surface area contributed by atoms with Crippen LogP contribution in [0.3, 0.4) is 0 Å². The average molecular weight is 549 g/mol. The van der Waals surface area contributed by atoms with Gasteiger partial charge in [-0.3, -0.25) is 9.59 Å². The molecule has 1 aliphatic carbocycles. The van der Waals surface area contributed by atoms with Crippen LogP contribution in [0.5, 0.6) is 0 Å². The molecule has 1 aliphatic rings. The Morgan fingerprint density at radius 3 is 2.13 bits per heavy atom. The lowest BCUT2D eigenvalue weighted by Crippen LogP contribution is -2.68. The molecule has 1 saturated carbocycles. The molecule has 0 amide bonds. The highest BCUT2D eigenvalue weighted by Gasteiger charge is 2.56. The molecule has 0 radical (unpaired) electrons. The SMILES string of the molecule is C=CCOC(=O)/C=C/[C@@H](C[C@@]1(C)C(=O)CC[C@@H]1O[Si](c1ccccc1)(c1ccccc1)C(C)(C)C)OC(C)=O. The Hall–Kier alpha value is -3.29. The van der Waals surface area contributed by atoms with E-state index in [1.165, 1.54) is 25.2 Å². The molecule has 0 unspecified atom stereocenters. The topological polar surface area (TPSA) is 78.9 Å². The van der Waals surface area contributed by atoms with Crippen LogP contribution in [0.2, 0.25) is 5.04 Å². The van der Waals surface area contributed by atoms with Crippen LogP contribution in [-0.2, 0) is 28.3 Å². The molecule has 7 heteroatoms. The quantitative estimate of drug-likeness (QED) is 0.172. The van der Waals surface area contributed by atoms with Crippen molar-refractivity contribution in [1.82, 2.24) is 0 Å². The van der Waals surface area contributed by atoms with Gasteiger partial charge in [0, 0.05) is 25.8 Å². The highest BCUT2D eigenvalue weighted by Crippen LogP contribution is 2.46. The summed E-state index contributed by atoms with van der Waals surface area (Å²) >= 11 is 0. The van der Waals surface area contributed by atoms with E-state index in [9.17, 15) is 14.4 Å². The lowest BCUT2D eigenvalue weighted by Gasteiger charge is -2.47. The maximum absolute atomic E-state index is 13.5. The molecule has 3 atom stereocenters. The molecule has 0 N–H and O–H groups in total. The van der Waals surface area contributed by atoms with E-state index in [-0.39, 0.29) is 23.8 Å². The number of ether oxygens (including phenoxy) is 2. The summed E-state index contributed by atoms with van der Waals surface area (Å²) in [5, 5.41) is 2.00. The molecule has 3 rings (SSSR count). The van der Waals surface area contributed by atoms with Gasteiger partial charge in [-0.15, -0.1) is 0 Å². The molecule has 1 fully saturated rings. The Kier molecular flexibility index (Phi) is 9.86. The van der Waals surface area contributed by atoms with Crippen molar-refractivity contribution in [1.29, 1.82) is 0 Å². The van der Waals surface area contributed by atoms with Gasteiger partial charge in [0.15, 0.2) is 0 Å². The lowest BCUT2D eigenvalue weighted by molar-refractivity contribution is -0.148.